The number of hydrogen-bond acceptors (Lipinski definition) is 4. The minimum atomic E-state index is 0.124. The highest BCUT2D eigenvalue weighted by atomic mass is 16.5. The Morgan fingerprint density at radius 2 is 2.38 bits per heavy atom. The summed E-state index contributed by atoms with van der Waals surface area (Å²) in [6.45, 7) is 4.16. The fourth-order valence-electron chi connectivity index (χ4n) is 1.27. The zero-order chi connectivity index (χ0) is 9.68. The number of likely N-dealkylation sites (N-methyl/N-ethyl adjacent to an activating group) is 1. The molecule has 1 atom stereocenters. The molecule has 0 bridgehead atoms. The SMILES string of the molecule is COCCOC1CNC(C)=CN1C. The molecule has 0 saturated carbocycles. The lowest BCUT2D eigenvalue weighted by Gasteiger charge is -2.32. The van der Waals surface area contributed by atoms with Gasteiger partial charge in [-0.15, -0.1) is 0 Å². The van der Waals surface area contributed by atoms with Crippen molar-refractivity contribution in [3.63, 3.8) is 0 Å². The van der Waals surface area contributed by atoms with E-state index in [0.29, 0.717) is 13.2 Å². The van der Waals surface area contributed by atoms with Gasteiger partial charge in [-0.1, -0.05) is 0 Å². The average Bonchev–Trinajstić information content (AvgIpc) is 2.09. The molecule has 1 unspecified atom stereocenters. The molecule has 1 heterocycles. The van der Waals surface area contributed by atoms with Gasteiger partial charge < -0.3 is 19.7 Å². The Balaban J connectivity index is 2.27. The first-order chi connectivity index (χ1) is 6.24. The van der Waals surface area contributed by atoms with Crippen LogP contribution < -0.4 is 5.32 Å². The van der Waals surface area contributed by atoms with Crippen LogP contribution in [0.15, 0.2) is 11.9 Å². The van der Waals surface area contributed by atoms with Crippen LogP contribution in [0.3, 0.4) is 0 Å². The Hall–Kier alpha value is -0.740. The lowest BCUT2D eigenvalue weighted by molar-refractivity contribution is -0.0469. The van der Waals surface area contributed by atoms with Crippen LogP contribution in [0.2, 0.25) is 0 Å². The molecule has 1 aliphatic heterocycles. The van der Waals surface area contributed by atoms with Gasteiger partial charge in [0.2, 0.25) is 0 Å². The molecule has 0 aliphatic carbocycles. The standard InChI is InChI=1S/C9H18N2O2/c1-8-7-11(2)9(6-10-8)13-5-4-12-3/h7,9-10H,4-6H2,1-3H3. The van der Waals surface area contributed by atoms with Crippen LogP contribution in [0.1, 0.15) is 6.92 Å². The molecule has 0 aromatic carbocycles. The van der Waals surface area contributed by atoms with E-state index >= 15 is 0 Å². The van der Waals surface area contributed by atoms with Crippen LogP contribution in [-0.2, 0) is 9.47 Å². The summed E-state index contributed by atoms with van der Waals surface area (Å²) in [5, 5.41) is 3.24. The van der Waals surface area contributed by atoms with Gasteiger partial charge in [0.05, 0.1) is 19.8 Å². The molecule has 0 radical (unpaired) electrons. The van der Waals surface area contributed by atoms with Crippen molar-refractivity contribution >= 4 is 0 Å². The molecular formula is C9H18N2O2. The van der Waals surface area contributed by atoms with Gasteiger partial charge in [-0.25, -0.2) is 0 Å². The van der Waals surface area contributed by atoms with E-state index in [-0.39, 0.29) is 6.23 Å². The Morgan fingerprint density at radius 1 is 1.62 bits per heavy atom. The molecule has 0 saturated heterocycles. The smallest absolute Gasteiger partial charge is 0.147 e. The van der Waals surface area contributed by atoms with E-state index in [1.54, 1.807) is 7.11 Å². The average molecular weight is 186 g/mol. The van der Waals surface area contributed by atoms with Crippen LogP contribution in [0.4, 0.5) is 0 Å². The predicted molar refractivity (Wildman–Crippen MR) is 51.1 cm³/mol. The van der Waals surface area contributed by atoms with Crippen molar-refractivity contribution in [1.82, 2.24) is 10.2 Å². The molecule has 0 aromatic heterocycles. The quantitative estimate of drug-likeness (QED) is 0.643. The summed E-state index contributed by atoms with van der Waals surface area (Å²) >= 11 is 0. The molecule has 1 aliphatic rings. The first-order valence-corrected chi connectivity index (χ1v) is 4.49. The minimum Gasteiger partial charge on any atom is -0.383 e. The number of nitrogens with one attached hydrogen (secondary N) is 1. The Labute approximate surface area is 79.5 Å². The van der Waals surface area contributed by atoms with E-state index < -0.39 is 0 Å². The fourth-order valence-corrected chi connectivity index (χ4v) is 1.27. The van der Waals surface area contributed by atoms with Crippen molar-refractivity contribution < 1.29 is 9.47 Å². The highest BCUT2D eigenvalue weighted by molar-refractivity contribution is 4.99. The number of hydrogen-bond donors (Lipinski definition) is 1. The molecule has 4 nitrogen and oxygen atoms in total. The van der Waals surface area contributed by atoms with Crippen molar-refractivity contribution in [2.75, 3.05) is 33.9 Å². The maximum Gasteiger partial charge on any atom is 0.147 e. The van der Waals surface area contributed by atoms with Gasteiger partial charge >= 0.3 is 0 Å². The van der Waals surface area contributed by atoms with Crippen LogP contribution in [0, 0.1) is 0 Å². The summed E-state index contributed by atoms with van der Waals surface area (Å²) < 4.78 is 10.5. The van der Waals surface area contributed by atoms with E-state index in [1.807, 2.05) is 20.2 Å². The summed E-state index contributed by atoms with van der Waals surface area (Å²) in [5.41, 5.74) is 1.18. The van der Waals surface area contributed by atoms with Gasteiger partial charge in [-0.05, 0) is 6.92 Å². The molecule has 0 fully saturated rings. The highest BCUT2D eigenvalue weighted by Gasteiger charge is 2.16. The lowest BCUT2D eigenvalue weighted by Crippen LogP contribution is -2.43. The zero-order valence-electron chi connectivity index (χ0n) is 8.54. The van der Waals surface area contributed by atoms with E-state index in [1.165, 1.54) is 5.70 Å². The van der Waals surface area contributed by atoms with Gasteiger partial charge in [0.15, 0.2) is 0 Å². The highest BCUT2D eigenvalue weighted by Crippen LogP contribution is 2.06. The molecule has 13 heavy (non-hydrogen) atoms. The third kappa shape index (κ3) is 3.24. The van der Waals surface area contributed by atoms with Crippen molar-refractivity contribution in [2.24, 2.45) is 0 Å². The first-order valence-electron chi connectivity index (χ1n) is 4.49. The van der Waals surface area contributed by atoms with Crippen molar-refractivity contribution in [3.8, 4) is 0 Å². The predicted octanol–water partition coefficient (Wildman–Crippen LogP) is 0.372. The first kappa shape index (κ1) is 10.3. The van der Waals surface area contributed by atoms with Gasteiger partial charge in [0.25, 0.3) is 0 Å². The molecule has 1 N–H and O–H groups in total. The second kappa shape index (κ2) is 5.09. The van der Waals surface area contributed by atoms with Crippen LogP contribution in [0.5, 0.6) is 0 Å². The zero-order valence-corrected chi connectivity index (χ0v) is 8.54. The number of methoxy groups -OCH3 is 1. The number of allylic oxidation sites excluding steroid dienone is 1. The van der Waals surface area contributed by atoms with Crippen LogP contribution in [0.25, 0.3) is 0 Å². The van der Waals surface area contributed by atoms with Crippen LogP contribution >= 0.6 is 0 Å². The van der Waals surface area contributed by atoms with Crippen LogP contribution in [-0.4, -0.2) is 45.0 Å². The number of nitrogens with zero attached hydrogens (tertiary/aromatic N) is 1. The van der Waals surface area contributed by atoms with Gasteiger partial charge in [-0.2, -0.15) is 0 Å². The summed E-state index contributed by atoms with van der Waals surface area (Å²) in [5.74, 6) is 0. The molecule has 4 heteroatoms. The van der Waals surface area contributed by atoms with E-state index in [2.05, 4.69) is 10.2 Å². The Morgan fingerprint density at radius 3 is 3.00 bits per heavy atom. The molecule has 76 valence electrons. The van der Waals surface area contributed by atoms with E-state index in [4.69, 9.17) is 9.47 Å². The maximum atomic E-state index is 5.58. The molecule has 0 spiro atoms. The van der Waals surface area contributed by atoms with E-state index in [9.17, 15) is 0 Å². The normalized spacial score (nSPS) is 22.5. The van der Waals surface area contributed by atoms with Crippen molar-refractivity contribution in [3.05, 3.63) is 11.9 Å². The molecule has 0 amide bonds. The summed E-state index contributed by atoms with van der Waals surface area (Å²) in [6.07, 6.45) is 2.17. The lowest BCUT2D eigenvalue weighted by atomic mass is 10.3. The van der Waals surface area contributed by atoms with Crippen molar-refractivity contribution in [2.45, 2.75) is 13.2 Å². The number of ether oxygens (including phenoxy) is 2. The molecule has 1 rings (SSSR count). The summed E-state index contributed by atoms with van der Waals surface area (Å²) in [7, 11) is 3.69. The summed E-state index contributed by atoms with van der Waals surface area (Å²) in [4.78, 5) is 2.07. The van der Waals surface area contributed by atoms with Gasteiger partial charge in [0.1, 0.15) is 6.23 Å². The van der Waals surface area contributed by atoms with Crippen molar-refractivity contribution in [1.29, 1.82) is 0 Å². The third-order valence-electron chi connectivity index (χ3n) is 2.00. The van der Waals surface area contributed by atoms with Gasteiger partial charge in [-0.3, -0.25) is 0 Å². The largest absolute Gasteiger partial charge is 0.383 e. The second-order valence-electron chi connectivity index (χ2n) is 3.18. The minimum absolute atomic E-state index is 0.124. The summed E-state index contributed by atoms with van der Waals surface area (Å²) in [6, 6.07) is 0. The van der Waals surface area contributed by atoms with E-state index in [0.717, 1.165) is 6.54 Å². The number of rotatable bonds is 4. The monoisotopic (exact) mass is 186 g/mol. The molecular weight excluding hydrogens is 168 g/mol. The second-order valence-corrected chi connectivity index (χ2v) is 3.18. The topological polar surface area (TPSA) is 33.7 Å². The third-order valence-corrected chi connectivity index (χ3v) is 2.00. The Bertz CT molecular complexity index is 182. The maximum absolute atomic E-state index is 5.58. The molecule has 0 aromatic rings. The fraction of sp³-hybridized carbons (Fsp3) is 0.778. The Kier molecular flexibility index (Phi) is 4.05. The van der Waals surface area contributed by atoms with Gasteiger partial charge in [0, 0.05) is 26.1 Å².